The van der Waals surface area contributed by atoms with Crippen molar-refractivity contribution >= 4 is 29.2 Å². The van der Waals surface area contributed by atoms with E-state index in [-0.39, 0.29) is 5.69 Å². The van der Waals surface area contributed by atoms with E-state index in [9.17, 15) is 14.9 Å². The number of aromatic nitrogens is 1. The molecule has 0 aliphatic rings. The Kier molecular flexibility index (Phi) is 5.71. The van der Waals surface area contributed by atoms with Crippen molar-refractivity contribution in [2.75, 3.05) is 11.9 Å². The number of nitrogens with zero attached hydrogens (tertiary/aromatic N) is 4. The molecule has 1 amide bonds. The van der Waals surface area contributed by atoms with E-state index in [0.717, 1.165) is 5.69 Å². The van der Waals surface area contributed by atoms with Crippen LogP contribution in [0.4, 0.5) is 17.1 Å². The zero-order valence-corrected chi connectivity index (χ0v) is 15.0. The summed E-state index contributed by atoms with van der Waals surface area (Å²) in [7, 11) is 1.76. The van der Waals surface area contributed by atoms with Crippen molar-refractivity contribution in [1.29, 1.82) is 0 Å². The van der Waals surface area contributed by atoms with Gasteiger partial charge in [-0.2, -0.15) is 5.10 Å². The molecule has 8 heteroatoms. The number of pyridine rings is 1. The number of anilines is 2. The van der Waals surface area contributed by atoms with Gasteiger partial charge in [0.05, 0.1) is 16.7 Å². The molecule has 28 heavy (non-hydrogen) atoms. The molecule has 0 fully saturated rings. The molecular weight excluding hydrogens is 358 g/mol. The van der Waals surface area contributed by atoms with Crippen LogP contribution in [0.25, 0.3) is 0 Å². The van der Waals surface area contributed by atoms with E-state index in [0.29, 0.717) is 16.8 Å². The fraction of sp³-hybridized carbons (Fsp3) is 0.0500. The minimum atomic E-state index is -0.444. The number of carbonyl (C=O) groups excluding carboxylic acids is 1. The summed E-state index contributed by atoms with van der Waals surface area (Å²) in [5, 5.41) is 15.4. The lowest BCUT2D eigenvalue weighted by Crippen LogP contribution is -2.17. The third-order valence-electron chi connectivity index (χ3n) is 4.00. The maximum Gasteiger partial charge on any atom is 0.293 e. The van der Waals surface area contributed by atoms with E-state index in [1.807, 2.05) is 30.3 Å². The molecule has 0 unspecified atom stereocenters. The Morgan fingerprint density at radius 1 is 1.18 bits per heavy atom. The number of rotatable bonds is 6. The number of hydrogen-bond donors (Lipinski definition) is 1. The number of hydrazone groups is 1. The zero-order chi connectivity index (χ0) is 19.9. The average Bonchev–Trinajstić information content (AvgIpc) is 2.74. The molecule has 1 N–H and O–H groups in total. The molecule has 0 aliphatic carbocycles. The van der Waals surface area contributed by atoms with E-state index in [2.05, 4.69) is 15.5 Å². The van der Waals surface area contributed by atoms with Gasteiger partial charge < -0.3 is 4.90 Å². The lowest BCUT2D eigenvalue weighted by molar-refractivity contribution is -0.384. The normalized spacial score (nSPS) is 10.6. The van der Waals surface area contributed by atoms with E-state index in [4.69, 9.17) is 0 Å². The Morgan fingerprint density at radius 2 is 1.96 bits per heavy atom. The summed E-state index contributed by atoms with van der Waals surface area (Å²) >= 11 is 0. The highest BCUT2D eigenvalue weighted by molar-refractivity contribution is 5.94. The van der Waals surface area contributed by atoms with Crippen molar-refractivity contribution in [3.63, 3.8) is 0 Å². The highest BCUT2D eigenvalue weighted by Gasteiger charge is 2.18. The zero-order valence-electron chi connectivity index (χ0n) is 15.0. The highest BCUT2D eigenvalue weighted by Crippen LogP contribution is 2.32. The van der Waals surface area contributed by atoms with Crippen molar-refractivity contribution in [1.82, 2.24) is 10.4 Å². The summed E-state index contributed by atoms with van der Waals surface area (Å²) in [5.41, 5.74) is 4.44. The van der Waals surface area contributed by atoms with Gasteiger partial charge in [-0.3, -0.25) is 19.9 Å². The van der Waals surface area contributed by atoms with Crippen LogP contribution in [0.15, 0.2) is 78.2 Å². The quantitative estimate of drug-likeness (QED) is 0.404. The van der Waals surface area contributed by atoms with Gasteiger partial charge in [-0.05, 0) is 30.3 Å². The first-order chi connectivity index (χ1) is 13.6. The summed E-state index contributed by atoms with van der Waals surface area (Å²) in [5.74, 6) is -0.417. The molecule has 1 heterocycles. The molecular formula is C20H17N5O3. The van der Waals surface area contributed by atoms with E-state index in [1.54, 1.807) is 42.4 Å². The van der Waals surface area contributed by atoms with Crippen LogP contribution in [0.5, 0.6) is 0 Å². The fourth-order valence-electron chi connectivity index (χ4n) is 2.57. The second kappa shape index (κ2) is 8.54. The summed E-state index contributed by atoms with van der Waals surface area (Å²) in [6.07, 6.45) is 4.34. The third-order valence-corrected chi connectivity index (χ3v) is 4.00. The van der Waals surface area contributed by atoms with Crippen molar-refractivity contribution in [2.45, 2.75) is 0 Å². The van der Waals surface area contributed by atoms with Crippen LogP contribution >= 0.6 is 0 Å². The predicted octanol–water partition coefficient (Wildman–Crippen LogP) is 3.52. The first kappa shape index (κ1) is 18.7. The molecule has 3 aromatic rings. The second-order valence-electron chi connectivity index (χ2n) is 5.84. The van der Waals surface area contributed by atoms with Crippen LogP contribution in [0.1, 0.15) is 15.9 Å². The second-order valence-corrected chi connectivity index (χ2v) is 5.84. The number of hydrogen-bond acceptors (Lipinski definition) is 6. The van der Waals surface area contributed by atoms with Crippen LogP contribution in [0, 0.1) is 10.1 Å². The molecule has 2 aromatic carbocycles. The van der Waals surface area contributed by atoms with Gasteiger partial charge in [0, 0.05) is 36.8 Å². The van der Waals surface area contributed by atoms with E-state index < -0.39 is 10.8 Å². The third kappa shape index (κ3) is 4.36. The van der Waals surface area contributed by atoms with Gasteiger partial charge in [0.15, 0.2) is 0 Å². The van der Waals surface area contributed by atoms with Gasteiger partial charge in [-0.1, -0.05) is 24.3 Å². The smallest absolute Gasteiger partial charge is 0.293 e. The minimum absolute atomic E-state index is 0.0612. The lowest BCUT2D eigenvalue weighted by Gasteiger charge is -2.19. The molecule has 1 aromatic heterocycles. The standard InChI is InChI=1S/C20H17N5O3/c1-24(17-7-3-2-4-8-17)18-10-9-15(12-19(18)25(27)28)13-22-23-20(26)16-6-5-11-21-14-16/h2-14H,1H3,(H,23,26)/b22-13-. The van der Waals surface area contributed by atoms with Crippen molar-refractivity contribution in [3.8, 4) is 0 Å². The van der Waals surface area contributed by atoms with Crippen molar-refractivity contribution < 1.29 is 9.72 Å². The Labute approximate surface area is 161 Å². The summed E-state index contributed by atoms with van der Waals surface area (Å²) in [6, 6.07) is 17.4. The van der Waals surface area contributed by atoms with Gasteiger partial charge in [-0.25, -0.2) is 5.43 Å². The number of nitro groups is 1. The maximum atomic E-state index is 11.9. The van der Waals surface area contributed by atoms with Gasteiger partial charge in [0.25, 0.3) is 11.6 Å². The van der Waals surface area contributed by atoms with Crippen LogP contribution < -0.4 is 10.3 Å². The van der Waals surface area contributed by atoms with Gasteiger partial charge in [-0.15, -0.1) is 0 Å². The Hall–Kier alpha value is -4.07. The summed E-state index contributed by atoms with van der Waals surface area (Å²) in [6.45, 7) is 0. The number of benzene rings is 2. The summed E-state index contributed by atoms with van der Waals surface area (Å²) in [4.78, 5) is 28.6. The Balaban J connectivity index is 1.79. The largest absolute Gasteiger partial charge is 0.339 e. The molecule has 0 spiro atoms. The number of amides is 1. The topological polar surface area (TPSA) is 101 Å². The number of nitrogens with one attached hydrogen (secondary N) is 1. The monoisotopic (exact) mass is 375 g/mol. The molecule has 0 bridgehead atoms. The van der Waals surface area contributed by atoms with Crippen LogP contribution in [0.2, 0.25) is 0 Å². The highest BCUT2D eigenvalue weighted by atomic mass is 16.6. The molecule has 0 aliphatic heterocycles. The summed E-state index contributed by atoms with van der Waals surface area (Å²) < 4.78 is 0. The molecule has 140 valence electrons. The fourth-order valence-corrected chi connectivity index (χ4v) is 2.57. The van der Waals surface area contributed by atoms with Crippen LogP contribution in [0.3, 0.4) is 0 Å². The molecule has 3 rings (SSSR count). The van der Waals surface area contributed by atoms with E-state index in [1.165, 1.54) is 18.5 Å². The SMILES string of the molecule is CN(c1ccccc1)c1ccc(/C=N\NC(=O)c2cccnc2)cc1[N+](=O)[O-]. The molecule has 0 atom stereocenters. The Morgan fingerprint density at radius 3 is 2.64 bits per heavy atom. The maximum absolute atomic E-state index is 11.9. The van der Waals surface area contributed by atoms with Gasteiger partial charge >= 0.3 is 0 Å². The first-order valence-electron chi connectivity index (χ1n) is 8.37. The Bertz CT molecular complexity index is 1010. The number of para-hydroxylation sites is 1. The lowest BCUT2D eigenvalue weighted by atomic mass is 10.1. The van der Waals surface area contributed by atoms with Crippen LogP contribution in [-0.4, -0.2) is 29.1 Å². The van der Waals surface area contributed by atoms with Gasteiger partial charge in [0.2, 0.25) is 0 Å². The van der Waals surface area contributed by atoms with E-state index >= 15 is 0 Å². The minimum Gasteiger partial charge on any atom is -0.339 e. The first-order valence-corrected chi connectivity index (χ1v) is 8.37. The van der Waals surface area contributed by atoms with Crippen molar-refractivity contribution in [2.24, 2.45) is 5.10 Å². The molecule has 0 saturated heterocycles. The van der Waals surface area contributed by atoms with Crippen molar-refractivity contribution in [3.05, 3.63) is 94.3 Å². The molecule has 0 saturated carbocycles. The molecule has 8 nitrogen and oxygen atoms in total. The number of nitro benzene ring substituents is 1. The van der Waals surface area contributed by atoms with Crippen LogP contribution in [-0.2, 0) is 0 Å². The molecule has 0 radical (unpaired) electrons. The predicted molar refractivity (Wildman–Crippen MR) is 107 cm³/mol. The average molecular weight is 375 g/mol. The van der Waals surface area contributed by atoms with Gasteiger partial charge in [0.1, 0.15) is 5.69 Å². The number of carbonyl (C=O) groups is 1.